The van der Waals surface area contributed by atoms with Gasteiger partial charge >= 0.3 is 6.09 Å². The number of aliphatic hydroxyl groups is 1. The lowest BCUT2D eigenvalue weighted by molar-refractivity contribution is -0.147. The number of hydrogen-bond acceptors (Lipinski definition) is 6. The van der Waals surface area contributed by atoms with E-state index in [1.807, 2.05) is 0 Å². The molecule has 2 aliphatic rings. The van der Waals surface area contributed by atoms with E-state index in [-0.39, 0.29) is 37.1 Å². The number of aliphatic imine (C=N–C) groups is 1. The second-order valence-corrected chi connectivity index (χ2v) is 9.33. The molecule has 1 fully saturated rings. The van der Waals surface area contributed by atoms with Gasteiger partial charge in [0.15, 0.2) is 0 Å². The van der Waals surface area contributed by atoms with Crippen molar-refractivity contribution in [2.75, 3.05) is 20.3 Å². The predicted molar refractivity (Wildman–Crippen MR) is 110 cm³/mol. The topological polar surface area (TPSA) is 100 Å². The van der Waals surface area contributed by atoms with E-state index in [0.717, 1.165) is 0 Å². The Morgan fingerprint density at radius 2 is 2.20 bits per heavy atom. The Morgan fingerprint density at radius 3 is 2.83 bits per heavy atom. The highest BCUT2D eigenvalue weighted by Crippen LogP contribution is 2.45. The minimum absolute atomic E-state index is 0.0593. The lowest BCUT2D eigenvalue weighted by Gasteiger charge is -2.47. The Morgan fingerprint density at radius 1 is 1.50 bits per heavy atom. The maximum absolute atomic E-state index is 14.9. The molecule has 30 heavy (non-hydrogen) atoms. The van der Waals surface area contributed by atoms with Gasteiger partial charge in [-0.25, -0.2) is 14.2 Å². The number of hydrogen-bond donors (Lipinski definition) is 2. The van der Waals surface area contributed by atoms with E-state index in [4.69, 9.17) is 9.47 Å². The van der Waals surface area contributed by atoms with Gasteiger partial charge in [-0.1, -0.05) is 15.9 Å². The first-order valence-electron chi connectivity index (χ1n) is 9.52. The van der Waals surface area contributed by atoms with Gasteiger partial charge < -0.3 is 14.6 Å². The maximum atomic E-state index is 14.9. The van der Waals surface area contributed by atoms with E-state index in [1.54, 1.807) is 32.9 Å². The average Bonchev–Trinajstić information content (AvgIpc) is 2.66. The SMILES string of the molecule is CN1C(=O)[C@@H]2C[C@H](CO)OC[C@]2(c2cc(Br)ccc2F)N=C1NC(=O)OC(C)(C)C. The van der Waals surface area contributed by atoms with Gasteiger partial charge in [0.1, 0.15) is 17.0 Å². The maximum Gasteiger partial charge on any atom is 0.414 e. The number of halogens is 2. The van der Waals surface area contributed by atoms with Crippen LogP contribution < -0.4 is 5.32 Å². The molecule has 2 aliphatic heterocycles. The molecule has 2 heterocycles. The van der Waals surface area contributed by atoms with Crippen LogP contribution in [-0.4, -0.2) is 59.9 Å². The van der Waals surface area contributed by atoms with Crippen molar-refractivity contribution in [1.29, 1.82) is 0 Å². The van der Waals surface area contributed by atoms with Gasteiger partial charge in [-0.2, -0.15) is 0 Å². The zero-order chi connectivity index (χ0) is 22.3. The summed E-state index contributed by atoms with van der Waals surface area (Å²) in [5, 5.41) is 12.0. The zero-order valence-electron chi connectivity index (χ0n) is 17.2. The van der Waals surface area contributed by atoms with Gasteiger partial charge in [-0.15, -0.1) is 0 Å². The number of aliphatic hydroxyl groups excluding tert-OH is 1. The minimum atomic E-state index is -1.40. The molecule has 1 aromatic carbocycles. The van der Waals surface area contributed by atoms with Crippen molar-refractivity contribution in [2.45, 2.75) is 44.4 Å². The van der Waals surface area contributed by atoms with Crippen molar-refractivity contribution in [3.8, 4) is 0 Å². The molecular weight excluding hydrogens is 461 g/mol. The summed E-state index contributed by atoms with van der Waals surface area (Å²) >= 11 is 3.34. The molecule has 2 N–H and O–H groups in total. The van der Waals surface area contributed by atoms with Crippen LogP contribution in [0.4, 0.5) is 9.18 Å². The summed E-state index contributed by atoms with van der Waals surface area (Å²) < 4.78 is 26.5. The van der Waals surface area contributed by atoms with Crippen LogP contribution in [0.2, 0.25) is 0 Å². The number of nitrogens with one attached hydrogen (secondary N) is 1. The molecule has 0 bridgehead atoms. The molecule has 8 nitrogen and oxygen atoms in total. The van der Waals surface area contributed by atoms with Gasteiger partial charge in [-0.05, 0) is 45.4 Å². The average molecular weight is 486 g/mol. The van der Waals surface area contributed by atoms with Crippen LogP contribution in [0.15, 0.2) is 27.7 Å². The molecule has 0 saturated carbocycles. The third kappa shape index (κ3) is 4.35. The number of ether oxygens (including phenoxy) is 2. The van der Waals surface area contributed by atoms with Crippen molar-refractivity contribution in [3.63, 3.8) is 0 Å². The van der Waals surface area contributed by atoms with Gasteiger partial charge in [0, 0.05) is 17.1 Å². The van der Waals surface area contributed by atoms with Gasteiger partial charge in [0.05, 0.1) is 25.2 Å². The molecular formula is C20H25BrFN3O5. The largest absolute Gasteiger partial charge is 0.444 e. The molecule has 0 spiro atoms. The summed E-state index contributed by atoms with van der Waals surface area (Å²) in [7, 11) is 1.48. The molecule has 1 saturated heterocycles. The number of rotatable bonds is 2. The number of amides is 2. The van der Waals surface area contributed by atoms with E-state index < -0.39 is 35.1 Å². The number of guanidine groups is 1. The van der Waals surface area contributed by atoms with Crippen LogP contribution in [0.25, 0.3) is 0 Å². The number of carbonyl (C=O) groups excluding carboxylic acids is 2. The minimum Gasteiger partial charge on any atom is -0.444 e. The monoisotopic (exact) mass is 485 g/mol. The second-order valence-electron chi connectivity index (χ2n) is 8.41. The van der Waals surface area contributed by atoms with E-state index in [2.05, 4.69) is 26.2 Å². The fourth-order valence-electron chi connectivity index (χ4n) is 3.68. The molecule has 3 atom stereocenters. The molecule has 0 aromatic heterocycles. The van der Waals surface area contributed by atoms with E-state index >= 15 is 0 Å². The van der Waals surface area contributed by atoms with Crippen LogP contribution >= 0.6 is 15.9 Å². The number of alkyl carbamates (subject to hydrolysis) is 1. The van der Waals surface area contributed by atoms with Crippen molar-refractivity contribution in [2.24, 2.45) is 10.9 Å². The first kappa shape index (κ1) is 22.6. The first-order chi connectivity index (χ1) is 14.0. The quantitative estimate of drug-likeness (QED) is 0.670. The Kier molecular flexibility index (Phi) is 6.22. The van der Waals surface area contributed by atoms with Crippen molar-refractivity contribution in [3.05, 3.63) is 34.1 Å². The molecule has 164 valence electrons. The van der Waals surface area contributed by atoms with Crippen molar-refractivity contribution in [1.82, 2.24) is 10.2 Å². The lowest BCUT2D eigenvalue weighted by Crippen LogP contribution is -2.61. The van der Waals surface area contributed by atoms with Crippen LogP contribution in [0, 0.1) is 11.7 Å². The first-order valence-corrected chi connectivity index (χ1v) is 10.3. The summed E-state index contributed by atoms with van der Waals surface area (Å²) in [6, 6.07) is 4.38. The standard InChI is InChI=1S/C20H25BrFN3O5/c1-19(2,3)30-18(28)23-17-24-20(13-7-11(21)5-6-15(13)22)10-29-12(9-26)8-14(20)16(27)25(17)4/h5-7,12,14,26H,8-10H2,1-4H3,(H,23,24,28)/t12-,14+,20-/m1/s1. The number of carbonyl (C=O) groups is 2. The third-order valence-electron chi connectivity index (χ3n) is 5.08. The molecule has 0 aliphatic carbocycles. The molecule has 1 aromatic rings. The van der Waals surface area contributed by atoms with E-state index in [0.29, 0.717) is 4.47 Å². The van der Waals surface area contributed by atoms with E-state index in [1.165, 1.54) is 18.0 Å². The second kappa shape index (κ2) is 8.24. The third-order valence-corrected chi connectivity index (χ3v) is 5.57. The van der Waals surface area contributed by atoms with E-state index in [9.17, 15) is 19.1 Å². The molecule has 0 unspecified atom stereocenters. The Bertz CT molecular complexity index is 888. The molecule has 10 heteroatoms. The summed E-state index contributed by atoms with van der Waals surface area (Å²) in [4.78, 5) is 31.4. The fraction of sp³-hybridized carbons (Fsp3) is 0.550. The highest BCUT2D eigenvalue weighted by Gasteiger charge is 2.55. The van der Waals surface area contributed by atoms with Crippen LogP contribution in [0.5, 0.6) is 0 Å². The number of fused-ring (bicyclic) bond motifs is 1. The number of benzene rings is 1. The molecule has 0 radical (unpaired) electrons. The predicted octanol–water partition coefficient (Wildman–Crippen LogP) is 2.53. The van der Waals surface area contributed by atoms with Gasteiger partial charge in [0.2, 0.25) is 11.9 Å². The smallest absolute Gasteiger partial charge is 0.414 e. The van der Waals surface area contributed by atoms with Gasteiger partial charge in [-0.3, -0.25) is 15.0 Å². The molecule has 2 amide bonds. The fourth-order valence-corrected chi connectivity index (χ4v) is 4.04. The Hall–Kier alpha value is -2.04. The Balaban J connectivity index is 2.10. The summed E-state index contributed by atoms with van der Waals surface area (Å²) in [6.07, 6.45) is -1.19. The molecule has 3 rings (SSSR count). The summed E-state index contributed by atoms with van der Waals surface area (Å²) in [5.41, 5.74) is -1.97. The number of nitrogens with zero attached hydrogens (tertiary/aromatic N) is 2. The summed E-state index contributed by atoms with van der Waals surface area (Å²) in [6.45, 7) is 4.74. The highest BCUT2D eigenvalue weighted by atomic mass is 79.9. The summed E-state index contributed by atoms with van der Waals surface area (Å²) in [5.74, 6) is -1.75. The zero-order valence-corrected chi connectivity index (χ0v) is 18.8. The Labute approximate surface area is 182 Å². The normalized spacial score (nSPS) is 26.7. The van der Waals surface area contributed by atoms with Crippen LogP contribution in [0.3, 0.4) is 0 Å². The van der Waals surface area contributed by atoms with Gasteiger partial charge in [0.25, 0.3) is 0 Å². The van der Waals surface area contributed by atoms with Crippen LogP contribution in [0.1, 0.15) is 32.8 Å². The van der Waals surface area contributed by atoms with Crippen molar-refractivity contribution < 1.29 is 28.6 Å². The lowest BCUT2D eigenvalue weighted by atomic mass is 9.72. The van der Waals surface area contributed by atoms with Crippen molar-refractivity contribution >= 4 is 33.9 Å². The highest BCUT2D eigenvalue weighted by molar-refractivity contribution is 9.10. The van der Waals surface area contributed by atoms with Crippen LogP contribution in [-0.2, 0) is 19.8 Å².